The molecule has 4 nitrogen and oxygen atoms in total. The smallest absolute Gasteiger partial charge is 0.211 e. The monoisotopic (exact) mass is 238 g/mol. The van der Waals surface area contributed by atoms with Gasteiger partial charge in [-0.2, -0.15) is 0 Å². The van der Waals surface area contributed by atoms with E-state index >= 15 is 0 Å². The number of rotatable bonds is 6. The van der Waals surface area contributed by atoms with E-state index < -0.39 is 16.1 Å². The fraction of sp³-hybridized carbons (Fsp3) is 0.875. The maximum absolute atomic E-state index is 11.3. The Morgan fingerprint density at radius 2 is 2.00 bits per heavy atom. The summed E-state index contributed by atoms with van der Waals surface area (Å²) in [7, 11) is -3.23. The summed E-state index contributed by atoms with van der Waals surface area (Å²) < 4.78 is 25.0. The van der Waals surface area contributed by atoms with Crippen LogP contribution in [-0.2, 0) is 10.0 Å². The van der Waals surface area contributed by atoms with Gasteiger partial charge in [-0.25, -0.2) is 13.1 Å². The Morgan fingerprint density at radius 1 is 1.50 bits per heavy atom. The average molecular weight is 238 g/mol. The average Bonchev–Trinajstić information content (AvgIpc) is 2.02. The van der Waals surface area contributed by atoms with Gasteiger partial charge in [-0.15, -0.1) is 0 Å². The van der Waals surface area contributed by atoms with E-state index in [2.05, 4.69) is 4.72 Å². The largest absolute Gasteiger partial charge is 0.392 e. The topological polar surface area (TPSA) is 72.2 Å². The Hall–Kier alpha value is -0.200. The summed E-state index contributed by atoms with van der Waals surface area (Å²) >= 11 is 4.80. The molecule has 0 fully saturated rings. The lowest BCUT2D eigenvalue weighted by Gasteiger charge is -2.18. The van der Waals surface area contributed by atoms with E-state index in [0.29, 0.717) is 12.3 Å². The SMILES string of the molecule is CCS(=O)(=O)NC(CC(C)C)C(N)=S. The van der Waals surface area contributed by atoms with Gasteiger partial charge in [-0.05, 0) is 19.3 Å². The molecule has 1 unspecified atom stereocenters. The lowest BCUT2D eigenvalue weighted by atomic mass is 10.1. The number of nitrogens with one attached hydrogen (secondary N) is 1. The zero-order valence-corrected chi connectivity index (χ0v) is 10.4. The lowest BCUT2D eigenvalue weighted by molar-refractivity contribution is 0.522. The van der Waals surface area contributed by atoms with E-state index in [1.54, 1.807) is 6.92 Å². The van der Waals surface area contributed by atoms with Crippen LogP contribution in [-0.4, -0.2) is 25.2 Å². The summed E-state index contributed by atoms with van der Waals surface area (Å²) in [5.74, 6) is 0.394. The van der Waals surface area contributed by atoms with Gasteiger partial charge in [0.1, 0.15) is 0 Å². The number of hydrogen-bond acceptors (Lipinski definition) is 3. The van der Waals surface area contributed by atoms with Gasteiger partial charge in [0.05, 0.1) is 16.8 Å². The van der Waals surface area contributed by atoms with E-state index in [1.807, 2.05) is 13.8 Å². The predicted molar refractivity (Wildman–Crippen MR) is 62.6 cm³/mol. The molecular formula is C8H18N2O2S2. The van der Waals surface area contributed by atoms with Crippen molar-refractivity contribution in [2.24, 2.45) is 11.7 Å². The first-order valence-corrected chi connectivity index (χ1v) is 6.64. The molecule has 0 radical (unpaired) electrons. The van der Waals surface area contributed by atoms with E-state index in [4.69, 9.17) is 18.0 Å². The van der Waals surface area contributed by atoms with Gasteiger partial charge in [-0.3, -0.25) is 0 Å². The fourth-order valence-corrected chi connectivity index (χ4v) is 2.05. The van der Waals surface area contributed by atoms with Crippen LogP contribution in [0.5, 0.6) is 0 Å². The van der Waals surface area contributed by atoms with Crippen LogP contribution in [0.3, 0.4) is 0 Å². The second-order valence-corrected chi connectivity index (χ2v) is 6.12. The first-order chi connectivity index (χ1) is 6.28. The third kappa shape index (κ3) is 5.51. The molecule has 0 aromatic heterocycles. The van der Waals surface area contributed by atoms with Crippen LogP contribution in [0.15, 0.2) is 0 Å². The van der Waals surface area contributed by atoms with Crippen molar-refractivity contribution in [1.82, 2.24) is 4.72 Å². The highest BCUT2D eigenvalue weighted by atomic mass is 32.2. The molecular weight excluding hydrogens is 220 g/mol. The van der Waals surface area contributed by atoms with Gasteiger partial charge >= 0.3 is 0 Å². The number of nitrogens with two attached hydrogens (primary N) is 1. The maximum atomic E-state index is 11.3. The minimum absolute atomic E-state index is 0.0458. The summed E-state index contributed by atoms with van der Waals surface area (Å²) in [5.41, 5.74) is 5.45. The summed E-state index contributed by atoms with van der Waals surface area (Å²) in [4.78, 5) is 0.204. The van der Waals surface area contributed by atoms with Crippen LogP contribution >= 0.6 is 12.2 Å². The highest BCUT2D eigenvalue weighted by molar-refractivity contribution is 7.89. The predicted octanol–water partition coefficient (Wildman–Crippen LogP) is 0.626. The summed E-state index contributed by atoms with van der Waals surface area (Å²) in [6.07, 6.45) is 0.633. The molecule has 3 N–H and O–H groups in total. The van der Waals surface area contributed by atoms with Crippen molar-refractivity contribution in [2.75, 3.05) is 5.75 Å². The number of sulfonamides is 1. The van der Waals surface area contributed by atoms with Gasteiger partial charge < -0.3 is 5.73 Å². The minimum atomic E-state index is -3.23. The fourth-order valence-electron chi connectivity index (χ4n) is 0.994. The van der Waals surface area contributed by atoms with Crippen molar-refractivity contribution < 1.29 is 8.42 Å². The van der Waals surface area contributed by atoms with Gasteiger partial charge in [0.25, 0.3) is 0 Å². The van der Waals surface area contributed by atoms with E-state index in [0.717, 1.165) is 0 Å². The van der Waals surface area contributed by atoms with Crippen LogP contribution in [0, 0.1) is 5.92 Å². The molecule has 0 aliphatic rings. The van der Waals surface area contributed by atoms with Crippen molar-refractivity contribution in [3.63, 3.8) is 0 Å². The minimum Gasteiger partial charge on any atom is -0.392 e. The molecule has 0 aromatic rings. The molecule has 14 heavy (non-hydrogen) atoms. The van der Waals surface area contributed by atoms with Crippen LogP contribution in [0.1, 0.15) is 27.2 Å². The molecule has 0 bridgehead atoms. The van der Waals surface area contributed by atoms with Gasteiger partial charge in [0.15, 0.2) is 0 Å². The van der Waals surface area contributed by atoms with Crippen molar-refractivity contribution in [3.05, 3.63) is 0 Å². The van der Waals surface area contributed by atoms with Crippen LogP contribution in [0.2, 0.25) is 0 Å². The third-order valence-electron chi connectivity index (χ3n) is 1.75. The van der Waals surface area contributed by atoms with E-state index in [1.165, 1.54) is 0 Å². The standard InChI is InChI=1S/C8H18N2O2S2/c1-4-14(11,12)10-7(8(9)13)5-6(2)3/h6-7,10H,4-5H2,1-3H3,(H2,9,13). The quantitative estimate of drug-likeness (QED) is 0.666. The molecule has 0 rings (SSSR count). The summed E-state index contributed by atoms with van der Waals surface area (Å²) in [6, 6.07) is -0.421. The third-order valence-corrected chi connectivity index (χ3v) is 3.44. The van der Waals surface area contributed by atoms with Crippen molar-refractivity contribution >= 4 is 27.2 Å². The van der Waals surface area contributed by atoms with Crippen molar-refractivity contribution in [2.45, 2.75) is 33.2 Å². The van der Waals surface area contributed by atoms with Gasteiger partial charge in [0.2, 0.25) is 10.0 Å². The van der Waals surface area contributed by atoms with E-state index in [-0.39, 0.29) is 10.7 Å². The summed E-state index contributed by atoms with van der Waals surface area (Å²) in [6.45, 7) is 5.56. The Kier molecular flexibility index (Phi) is 5.54. The second-order valence-electron chi connectivity index (χ2n) is 3.61. The van der Waals surface area contributed by atoms with Crippen LogP contribution in [0.25, 0.3) is 0 Å². The molecule has 0 spiro atoms. The molecule has 0 aromatic carbocycles. The van der Waals surface area contributed by atoms with Crippen LogP contribution < -0.4 is 10.5 Å². The Balaban J connectivity index is 4.46. The number of thiocarbonyl (C=S) groups is 1. The normalized spacial score (nSPS) is 14.3. The zero-order valence-electron chi connectivity index (χ0n) is 8.78. The van der Waals surface area contributed by atoms with E-state index in [9.17, 15) is 8.42 Å². The molecule has 0 heterocycles. The Bertz CT molecular complexity index is 286. The molecule has 0 saturated carbocycles. The number of hydrogen-bond donors (Lipinski definition) is 2. The Morgan fingerprint density at radius 3 is 2.29 bits per heavy atom. The summed E-state index contributed by atoms with van der Waals surface area (Å²) in [5, 5.41) is 0. The van der Waals surface area contributed by atoms with Crippen molar-refractivity contribution in [1.29, 1.82) is 0 Å². The van der Waals surface area contributed by atoms with Gasteiger partial charge in [-0.1, -0.05) is 26.1 Å². The molecule has 0 aliphatic carbocycles. The lowest BCUT2D eigenvalue weighted by Crippen LogP contribution is -2.44. The molecule has 0 saturated heterocycles. The first kappa shape index (κ1) is 13.8. The van der Waals surface area contributed by atoms with Crippen molar-refractivity contribution in [3.8, 4) is 0 Å². The molecule has 6 heteroatoms. The Labute approximate surface area is 91.3 Å². The molecule has 0 aliphatic heterocycles. The highest BCUT2D eigenvalue weighted by Crippen LogP contribution is 2.06. The maximum Gasteiger partial charge on any atom is 0.211 e. The highest BCUT2D eigenvalue weighted by Gasteiger charge is 2.19. The molecule has 84 valence electrons. The van der Waals surface area contributed by atoms with Gasteiger partial charge in [0, 0.05) is 0 Å². The second kappa shape index (κ2) is 5.63. The zero-order chi connectivity index (χ0) is 11.4. The molecule has 0 amide bonds. The first-order valence-electron chi connectivity index (χ1n) is 4.57. The van der Waals surface area contributed by atoms with Crippen LogP contribution in [0.4, 0.5) is 0 Å². The molecule has 1 atom stereocenters.